The first-order valence-electron chi connectivity index (χ1n) is 6.70. The van der Waals surface area contributed by atoms with Crippen LogP contribution in [-0.2, 0) is 7.05 Å². The molecule has 0 aliphatic carbocycles. The molecule has 0 spiro atoms. The zero-order valence-corrected chi connectivity index (χ0v) is 11.5. The Hall–Kier alpha value is -1.63. The quantitative estimate of drug-likeness (QED) is 0.656. The van der Waals surface area contributed by atoms with Gasteiger partial charge in [-0.3, -0.25) is 4.57 Å². The van der Waals surface area contributed by atoms with Crippen molar-refractivity contribution in [3.8, 4) is 0 Å². The molecule has 1 atom stereocenters. The normalized spacial score (nSPS) is 19.7. The predicted octanol–water partition coefficient (Wildman–Crippen LogP) is 1.34. The second-order valence-corrected chi connectivity index (χ2v) is 5.04. The lowest BCUT2D eigenvalue weighted by Crippen LogP contribution is -2.42. The van der Waals surface area contributed by atoms with Gasteiger partial charge in [-0.2, -0.15) is 0 Å². The summed E-state index contributed by atoms with van der Waals surface area (Å²) >= 11 is 0. The highest BCUT2D eigenvalue weighted by Crippen LogP contribution is 2.33. The minimum Gasteiger partial charge on any atom is -0.358 e. The summed E-state index contributed by atoms with van der Waals surface area (Å²) in [5.41, 5.74) is 5.66. The van der Waals surface area contributed by atoms with Crippen molar-refractivity contribution in [2.75, 3.05) is 18.0 Å². The van der Waals surface area contributed by atoms with Crippen LogP contribution in [0.4, 0.5) is 11.6 Å². The monoisotopic (exact) mass is 267 g/mol. The molecule has 1 aromatic heterocycles. The van der Waals surface area contributed by atoms with Gasteiger partial charge in [-0.25, -0.2) is 0 Å². The van der Waals surface area contributed by atoms with Gasteiger partial charge >= 0.3 is 5.82 Å². The van der Waals surface area contributed by atoms with E-state index in [0.717, 1.165) is 32.2 Å². The van der Waals surface area contributed by atoms with Gasteiger partial charge in [0.25, 0.3) is 0 Å². The van der Waals surface area contributed by atoms with Gasteiger partial charge in [0, 0.05) is 26.6 Å². The Morgan fingerprint density at radius 3 is 2.89 bits per heavy atom. The number of rotatable bonds is 4. The van der Waals surface area contributed by atoms with E-state index < -0.39 is 4.92 Å². The Kier molecular flexibility index (Phi) is 4.04. The van der Waals surface area contributed by atoms with Crippen LogP contribution in [0.2, 0.25) is 0 Å². The molecule has 1 aliphatic heterocycles. The zero-order valence-electron chi connectivity index (χ0n) is 11.5. The summed E-state index contributed by atoms with van der Waals surface area (Å²) in [6.45, 7) is 3.23. The number of aromatic nitrogens is 2. The second kappa shape index (κ2) is 5.56. The standard InChI is InChI=1S/C12H21N5O2/c1-9-14-11(17(18)19)12(15(9)2)16-8-4-3-5-10(16)6-7-13/h10H,3-8,13H2,1-2H3. The molecular weight excluding hydrogens is 246 g/mol. The summed E-state index contributed by atoms with van der Waals surface area (Å²) in [4.78, 5) is 17.0. The minimum absolute atomic E-state index is 0.0380. The van der Waals surface area contributed by atoms with Gasteiger partial charge in [0.15, 0.2) is 0 Å². The molecule has 2 N–H and O–H groups in total. The van der Waals surface area contributed by atoms with Crippen LogP contribution in [-0.4, -0.2) is 33.6 Å². The van der Waals surface area contributed by atoms with E-state index >= 15 is 0 Å². The van der Waals surface area contributed by atoms with Gasteiger partial charge in [0.1, 0.15) is 0 Å². The van der Waals surface area contributed by atoms with Crippen molar-refractivity contribution in [1.82, 2.24) is 9.55 Å². The maximum Gasteiger partial charge on any atom is 0.406 e. The molecule has 0 amide bonds. The molecular formula is C12H21N5O2. The Balaban J connectivity index is 2.40. The van der Waals surface area contributed by atoms with Crippen LogP contribution in [0.15, 0.2) is 0 Å². The van der Waals surface area contributed by atoms with Crippen LogP contribution in [0.1, 0.15) is 31.5 Å². The molecule has 1 saturated heterocycles. The lowest BCUT2D eigenvalue weighted by Gasteiger charge is -2.36. The Morgan fingerprint density at radius 2 is 2.26 bits per heavy atom. The summed E-state index contributed by atoms with van der Waals surface area (Å²) in [5.74, 6) is 1.25. The molecule has 2 heterocycles. The van der Waals surface area contributed by atoms with Gasteiger partial charge in [-0.15, -0.1) is 0 Å². The molecule has 7 heteroatoms. The number of aryl methyl sites for hydroxylation is 1. The van der Waals surface area contributed by atoms with Crippen molar-refractivity contribution in [1.29, 1.82) is 0 Å². The van der Waals surface area contributed by atoms with Crippen LogP contribution < -0.4 is 10.6 Å². The van der Waals surface area contributed by atoms with Crippen molar-refractivity contribution < 1.29 is 4.92 Å². The largest absolute Gasteiger partial charge is 0.406 e. The number of anilines is 1. The predicted molar refractivity (Wildman–Crippen MR) is 73.3 cm³/mol. The first kappa shape index (κ1) is 13.8. The van der Waals surface area contributed by atoms with E-state index in [1.54, 1.807) is 6.92 Å². The van der Waals surface area contributed by atoms with E-state index in [-0.39, 0.29) is 11.9 Å². The van der Waals surface area contributed by atoms with Crippen molar-refractivity contribution in [2.45, 2.75) is 38.6 Å². The fourth-order valence-corrected chi connectivity index (χ4v) is 2.80. The smallest absolute Gasteiger partial charge is 0.358 e. The van der Waals surface area contributed by atoms with Crippen molar-refractivity contribution in [3.63, 3.8) is 0 Å². The van der Waals surface area contributed by atoms with E-state index in [0.29, 0.717) is 18.2 Å². The first-order chi connectivity index (χ1) is 9.06. The average Bonchev–Trinajstić information content (AvgIpc) is 2.68. The average molecular weight is 267 g/mol. The topological polar surface area (TPSA) is 90.2 Å². The van der Waals surface area contributed by atoms with Crippen LogP contribution >= 0.6 is 0 Å². The minimum atomic E-state index is -0.392. The molecule has 1 fully saturated rings. The molecule has 0 radical (unpaired) electrons. The third-order valence-corrected chi connectivity index (χ3v) is 3.84. The molecule has 0 bridgehead atoms. The number of piperidine rings is 1. The summed E-state index contributed by atoms with van der Waals surface area (Å²) in [6, 6.07) is 0.284. The van der Waals surface area contributed by atoms with Crippen molar-refractivity contribution in [2.24, 2.45) is 12.8 Å². The molecule has 1 unspecified atom stereocenters. The van der Waals surface area contributed by atoms with Crippen molar-refractivity contribution in [3.05, 3.63) is 15.9 Å². The van der Waals surface area contributed by atoms with E-state index in [1.807, 2.05) is 11.6 Å². The van der Waals surface area contributed by atoms with Gasteiger partial charge in [0.05, 0.1) is 0 Å². The molecule has 1 aliphatic rings. The molecule has 106 valence electrons. The molecule has 7 nitrogen and oxygen atoms in total. The molecule has 2 rings (SSSR count). The highest BCUT2D eigenvalue weighted by Gasteiger charge is 2.33. The van der Waals surface area contributed by atoms with Gasteiger partial charge in [-0.05, 0) is 42.1 Å². The first-order valence-corrected chi connectivity index (χ1v) is 6.70. The fraction of sp³-hybridized carbons (Fsp3) is 0.750. The summed E-state index contributed by atoms with van der Waals surface area (Å²) in [6.07, 6.45) is 4.12. The van der Waals surface area contributed by atoms with E-state index in [9.17, 15) is 10.1 Å². The highest BCUT2D eigenvalue weighted by atomic mass is 16.6. The van der Waals surface area contributed by atoms with Gasteiger partial charge < -0.3 is 20.7 Å². The number of nitro groups is 1. The lowest BCUT2D eigenvalue weighted by molar-refractivity contribution is -0.388. The fourth-order valence-electron chi connectivity index (χ4n) is 2.80. The van der Waals surface area contributed by atoms with Crippen LogP contribution in [0, 0.1) is 17.0 Å². The summed E-state index contributed by atoms with van der Waals surface area (Å²) < 4.78 is 1.81. The summed E-state index contributed by atoms with van der Waals surface area (Å²) in [7, 11) is 1.83. The molecule has 1 aromatic rings. The van der Waals surface area contributed by atoms with Crippen LogP contribution in [0.25, 0.3) is 0 Å². The number of imidazole rings is 1. The second-order valence-electron chi connectivity index (χ2n) is 5.04. The van der Waals surface area contributed by atoms with Gasteiger partial charge in [0.2, 0.25) is 11.6 Å². The van der Waals surface area contributed by atoms with Crippen LogP contribution in [0.3, 0.4) is 0 Å². The van der Waals surface area contributed by atoms with E-state index in [4.69, 9.17) is 5.73 Å². The third kappa shape index (κ3) is 2.56. The number of hydrogen-bond donors (Lipinski definition) is 1. The van der Waals surface area contributed by atoms with E-state index in [2.05, 4.69) is 9.88 Å². The Morgan fingerprint density at radius 1 is 1.53 bits per heavy atom. The molecule has 19 heavy (non-hydrogen) atoms. The maximum absolute atomic E-state index is 11.2. The molecule has 0 aromatic carbocycles. The number of hydrogen-bond acceptors (Lipinski definition) is 5. The summed E-state index contributed by atoms with van der Waals surface area (Å²) in [5, 5.41) is 11.2. The van der Waals surface area contributed by atoms with E-state index in [1.165, 1.54) is 0 Å². The maximum atomic E-state index is 11.2. The lowest BCUT2D eigenvalue weighted by atomic mass is 9.99. The number of nitrogens with zero attached hydrogens (tertiary/aromatic N) is 4. The Bertz CT molecular complexity index is 469. The van der Waals surface area contributed by atoms with Crippen LogP contribution in [0.5, 0.6) is 0 Å². The number of nitrogens with two attached hydrogens (primary N) is 1. The molecule has 0 saturated carbocycles. The van der Waals surface area contributed by atoms with Crippen molar-refractivity contribution >= 4 is 11.6 Å². The third-order valence-electron chi connectivity index (χ3n) is 3.84. The van der Waals surface area contributed by atoms with Gasteiger partial charge in [-0.1, -0.05) is 0 Å². The highest BCUT2D eigenvalue weighted by molar-refractivity contribution is 5.57. The zero-order chi connectivity index (χ0) is 14.0. The SMILES string of the molecule is Cc1nc([N+](=O)[O-])c(N2CCCCC2CCN)n1C. The Labute approximate surface area is 112 Å².